The second-order valence-corrected chi connectivity index (χ2v) is 5.12. The highest BCUT2D eigenvalue weighted by Crippen LogP contribution is 2.28. The van der Waals surface area contributed by atoms with Gasteiger partial charge in [-0.15, -0.1) is 0 Å². The van der Waals surface area contributed by atoms with Gasteiger partial charge >= 0.3 is 12.1 Å². The number of rotatable bonds is 4. The summed E-state index contributed by atoms with van der Waals surface area (Å²) in [7, 11) is 0. The Balaban J connectivity index is 2.10. The molecule has 124 valence electrons. The zero-order valence-electron chi connectivity index (χ0n) is 12.6. The van der Waals surface area contributed by atoms with Crippen LogP contribution in [0.3, 0.4) is 0 Å². The Morgan fingerprint density at radius 2 is 2.09 bits per heavy atom. The number of halogens is 3. The molecule has 0 saturated heterocycles. The second-order valence-electron chi connectivity index (χ2n) is 5.12. The van der Waals surface area contributed by atoms with E-state index in [9.17, 15) is 18.0 Å². The van der Waals surface area contributed by atoms with Gasteiger partial charge in [-0.2, -0.15) is 13.2 Å². The van der Waals surface area contributed by atoms with Crippen molar-refractivity contribution < 1.29 is 27.2 Å². The molecular weight excluding hydrogens is 315 g/mol. The Morgan fingerprint density at radius 1 is 1.39 bits per heavy atom. The van der Waals surface area contributed by atoms with Crippen molar-refractivity contribution >= 4 is 5.97 Å². The van der Waals surface area contributed by atoms with Crippen molar-refractivity contribution in [2.45, 2.75) is 39.5 Å². The maximum absolute atomic E-state index is 12.4. The van der Waals surface area contributed by atoms with E-state index < -0.39 is 24.4 Å². The highest BCUT2D eigenvalue weighted by atomic mass is 19.4. The van der Waals surface area contributed by atoms with Crippen molar-refractivity contribution in [2.24, 2.45) is 0 Å². The molecule has 2 rings (SSSR count). The van der Waals surface area contributed by atoms with Crippen LogP contribution in [0.4, 0.5) is 13.2 Å². The summed E-state index contributed by atoms with van der Waals surface area (Å²) in [4.78, 5) is 20.2. The summed E-state index contributed by atoms with van der Waals surface area (Å²) in [5, 5.41) is 2.88. The minimum Gasteiger partial charge on any atom is -0.454 e. The molecule has 0 aliphatic carbocycles. The van der Waals surface area contributed by atoms with Crippen molar-refractivity contribution in [1.29, 1.82) is 0 Å². The Hall–Kier alpha value is -2.45. The van der Waals surface area contributed by atoms with Crippen LogP contribution in [0.5, 0.6) is 0 Å². The van der Waals surface area contributed by atoms with Crippen LogP contribution < -0.4 is 0 Å². The molecule has 23 heavy (non-hydrogen) atoms. The van der Waals surface area contributed by atoms with E-state index in [2.05, 4.69) is 19.6 Å². The van der Waals surface area contributed by atoms with Crippen LogP contribution in [0, 0.1) is 6.92 Å². The third-order valence-electron chi connectivity index (χ3n) is 2.90. The summed E-state index contributed by atoms with van der Waals surface area (Å²) in [6, 6.07) is 0.683. The van der Waals surface area contributed by atoms with E-state index in [1.54, 1.807) is 6.92 Å². The molecule has 0 aromatic carbocycles. The molecular formula is C14H14F3N3O3. The van der Waals surface area contributed by atoms with Gasteiger partial charge in [-0.25, -0.2) is 14.8 Å². The molecule has 0 radical (unpaired) electrons. The summed E-state index contributed by atoms with van der Waals surface area (Å²) in [6.07, 6.45) is -3.27. The lowest BCUT2D eigenvalue weighted by molar-refractivity contribution is -0.142. The maximum atomic E-state index is 12.4. The van der Waals surface area contributed by atoms with Crippen LogP contribution >= 0.6 is 0 Å². The highest BCUT2D eigenvalue weighted by Gasteiger charge is 2.35. The van der Waals surface area contributed by atoms with Gasteiger partial charge in [0.15, 0.2) is 18.1 Å². The second kappa shape index (κ2) is 6.35. The number of esters is 1. The molecule has 2 aromatic heterocycles. The number of aryl methyl sites for hydroxylation is 1. The molecule has 0 saturated carbocycles. The number of nitrogens with zero attached hydrogens (tertiary/aromatic N) is 3. The van der Waals surface area contributed by atoms with Crippen molar-refractivity contribution in [3.8, 4) is 0 Å². The van der Waals surface area contributed by atoms with E-state index in [1.165, 1.54) is 6.20 Å². The van der Waals surface area contributed by atoms with Crippen molar-refractivity contribution in [2.75, 3.05) is 0 Å². The molecule has 0 aliphatic heterocycles. The standard InChI is InChI=1S/C14H14F3N3O3/c1-7(2)12-10(5-18-8(3)19-12)13(21)22-6-9-4-11(20-23-9)14(15,16)17/h4-5,7H,6H2,1-3H3. The van der Waals surface area contributed by atoms with Crippen molar-refractivity contribution in [1.82, 2.24) is 15.1 Å². The van der Waals surface area contributed by atoms with Gasteiger partial charge in [-0.3, -0.25) is 0 Å². The fourth-order valence-corrected chi connectivity index (χ4v) is 1.81. The monoisotopic (exact) mass is 329 g/mol. The zero-order chi connectivity index (χ0) is 17.2. The lowest BCUT2D eigenvalue weighted by atomic mass is 10.1. The van der Waals surface area contributed by atoms with Crippen LogP contribution in [0.2, 0.25) is 0 Å². The molecule has 2 aromatic rings. The summed E-state index contributed by atoms with van der Waals surface area (Å²) in [5.74, 6) is -0.472. The Kier molecular flexibility index (Phi) is 4.67. The van der Waals surface area contributed by atoms with Crippen LogP contribution in [-0.4, -0.2) is 21.1 Å². The Morgan fingerprint density at radius 3 is 2.65 bits per heavy atom. The highest BCUT2D eigenvalue weighted by molar-refractivity contribution is 5.90. The van der Waals surface area contributed by atoms with E-state index in [4.69, 9.17) is 4.74 Å². The molecule has 0 N–H and O–H groups in total. The first-order valence-corrected chi connectivity index (χ1v) is 6.72. The van der Waals surface area contributed by atoms with Gasteiger partial charge in [0.05, 0.1) is 11.3 Å². The van der Waals surface area contributed by atoms with E-state index in [-0.39, 0.29) is 17.2 Å². The smallest absolute Gasteiger partial charge is 0.436 e. The van der Waals surface area contributed by atoms with Gasteiger partial charge in [0.25, 0.3) is 0 Å². The number of ether oxygens (including phenoxy) is 1. The lowest BCUT2D eigenvalue weighted by Crippen LogP contribution is -2.12. The third kappa shape index (κ3) is 4.05. The normalized spacial score (nSPS) is 11.8. The quantitative estimate of drug-likeness (QED) is 0.801. The Labute approximate surface area is 129 Å². The first kappa shape index (κ1) is 16.9. The molecule has 0 atom stereocenters. The van der Waals surface area contributed by atoms with E-state index in [1.807, 2.05) is 13.8 Å². The van der Waals surface area contributed by atoms with Gasteiger partial charge in [0.1, 0.15) is 5.82 Å². The minimum absolute atomic E-state index is 0.0404. The molecule has 0 spiro atoms. The van der Waals surface area contributed by atoms with E-state index >= 15 is 0 Å². The molecule has 0 unspecified atom stereocenters. The van der Waals surface area contributed by atoms with Crippen LogP contribution in [0.15, 0.2) is 16.8 Å². The summed E-state index contributed by atoms with van der Waals surface area (Å²) < 4.78 is 46.6. The largest absolute Gasteiger partial charge is 0.454 e. The number of hydrogen-bond acceptors (Lipinski definition) is 6. The van der Waals surface area contributed by atoms with Crippen LogP contribution in [0.1, 0.15) is 53.1 Å². The van der Waals surface area contributed by atoms with E-state index in [0.717, 1.165) is 0 Å². The van der Waals surface area contributed by atoms with Gasteiger partial charge in [0, 0.05) is 12.3 Å². The maximum Gasteiger partial charge on any atom is 0.436 e. The number of carbonyl (C=O) groups is 1. The van der Waals surface area contributed by atoms with Gasteiger partial charge < -0.3 is 9.26 Å². The molecule has 6 nitrogen and oxygen atoms in total. The number of aromatic nitrogens is 3. The first-order chi connectivity index (χ1) is 10.7. The summed E-state index contributed by atoms with van der Waals surface area (Å²) >= 11 is 0. The molecule has 0 fully saturated rings. The van der Waals surface area contributed by atoms with Gasteiger partial charge in [0.2, 0.25) is 0 Å². The summed E-state index contributed by atoms with van der Waals surface area (Å²) in [5.41, 5.74) is -0.498. The van der Waals surface area contributed by atoms with Crippen LogP contribution in [0.25, 0.3) is 0 Å². The van der Waals surface area contributed by atoms with Gasteiger partial charge in [-0.1, -0.05) is 19.0 Å². The minimum atomic E-state index is -4.61. The topological polar surface area (TPSA) is 78.1 Å². The number of carbonyl (C=O) groups excluding carboxylic acids is 1. The molecule has 0 amide bonds. The fourth-order valence-electron chi connectivity index (χ4n) is 1.81. The van der Waals surface area contributed by atoms with Crippen LogP contribution in [-0.2, 0) is 17.5 Å². The molecule has 9 heteroatoms. The predicted molar refractivity (Wildman–Crippen MR) is 71.5 cm³/mol. The average Bonchev–Trinajstić information content (AvgIpc) is 2.93. The van der Waals surface area contributed by atoms with Crippen molar-refractivity contribution in [3.63, 3.8) is 0 Å². The number of hydrogen-bond donors (Lipinski definition) is 0. The Bertz CT molecular complexity index is 711. The average molecular weight is 329 g/mol. The van der Waals surface area contributed by atoms with Crippen molar-refractivity contribution in [3.05, 3.63) is 40.8 Å². The molecule has 0 bridgehead atoms. The summed E-state index contributed by atoms with van der Waals surface area (Å²) in [6.45, 7) is 4.93. The first-order valence-electron chi connectivity index (χ1n) is 6.72. The van der Waals surface area contributed by atoms with Gasteiger partial charge in [-0.05, 0) is 12.8 Å². The SMILES string of the molecule is Cc1ncc(C(=O)OCc2cc(C(F)(F)F)no2)c(C(C)C)n1. The molecule has 0 aliphatic rings. The predicted octanol–water partition coefficient (Wildman–Crippen LogP) is 3.27. The lowest BCUT2D eigenvalue weighted by Gasteiger charge is -2.10. The van der Waals surface area contributed by atoms with E-state index in [0.29, 0.717) is 17.6 Å². The zero-order valence-corrected chi connectivity index (χ0v) is 12.6. The third-order valence-corrected chi connectivity index (χ3v) is 2.90. The fraction of sp³-hybridized carbons (Fsp3) is 0.429. The molecule has 2 heterocycles. The number of alkyl halides is 3.